The van der Waals surface area contributed by atoms with Crippen molar-refractivity contribution in [3.05, 3.63) is 89.7 Å². The minimum Gasteiger partial charge on any atom is -0.507 e. The summed E-state index contributed by atoms with van der Waals surface area (Å²) in [5, 5.41) is 19.9. The highest BCUT2D eigenvalue weighted by Gasteiger charge is 2.44. The highest BCUT2D eigenvalue weighted by atomic mass is 32.2. The van der Waals surface area contributed by atoms with Crippen LogP contribution in [0.5, 0.6) is 5.75 Å². The van der Waals surface area contributed by atoms with E-state index in [1.807, 2.05) is 62.6 Å². The molecule has 1 aliphatic heterocycles. The fraction of sp³-hybridized carbons (Fsp3) is 0.571. The number of aliphatic carboxylic acids is 1. The topological polar surface area (TPSA) is 282 Å². The number of hydrogen-bond acceptors (Lipinski definition) is 16. The predicted octanol–water partition coefficient (Wildman–Crippen LogP) is 6.19. The average Bonchev–Trinajstić information content (AvgIpc) is 3.50. The van der Waals surface area contributed by atoms with E-state index < -0.39 is 52.9 Å². The van der Waals surface area contributed by atoms with Crippen LogP contribution in [-0.2, 0) is 69.0 Å². The summed E-state index contributed by atoms with van der Waals surface area (Å²) in [4.78, 5) is 14.0. The number of carboxylic acid groups (broad SMARTS) is 1. The Morgan fingerprint density at radius 1 is 0.764 bits per heavy atom. The van der Waals surface area contributed by atoms with Crippen molar-refractivity contribution in [1.29, 1.82) is 0 Å². The molecule has 5 N–H and O–H groups in total. The molecule has 1 unspecified atom stereocenters. The van der Waals surface area contributed by atoms with Crippen LogP contribution >= 0.6 is 0 Å². The van der Waals surface area contributed by atoms with E-state index in [9.17, 15) is 48.8 Å². The zero-order valence-corrected chi connectivity index (χ0v) is 44.4. The third-order valence-corrected chi connectivity index (χ3v) is 13.9. The van der Waals surface area contributed by atoms with E-state index in [0.717, 1.165) is 5.57 Å². The summed E-state index contributed by atoms with van der Waals surface area (Å²) in [5.41, 5.74) is 2.83. The molecule has 0 aliphatic carbocycles. The minimum atomic E-state index is -4.63. The zero-order valence-electron chi connectivity index (χ0n) is 42.0. The number of aromatic hydroxyl groups is 1. The fourth-order valence-electron chi connectivity index (χ4n) is 7.87. The maximum absolute atomic E-state index is 12.4. The van der Waals surface area contributed by atoms with Crippen LogP contribution in [0, 0.1) is 5.41 Å². The molecule has 1 aliphatic rings. The second-order valence-corrected chi connectivity index (χ2v) is 22.6. The Bertz CT molecular complexity index is 2500. The molecule has 0 radical (unpaired) electrons. The van der Waals surface area contributed by atoms with Crippen LogP contribution < -0.4 is 9.80 Å². The second-order valence-electron chi connectivity index (χ2n) is 18.1. The van der Waals surface area contributed by atoms with Crippen LogP contribution in [0.2, 0.25) is 0 Å². The monoisotopic (exact) mass is 1070 g/mol. The van der Waals surface area contributed by atoms with Gasteiger partial charge >= 0.3 is 5.97 Å². The van der Waals surface area contributed by atoms with E-state index in [4.69, 9.17) is 33.5 Å². The standard InChI is InChI=1S/C49H74N2O18S3/c1-7-50(19-10-34-71(58,59)60)39-13-15-41(45(52)36-39)42(48(3,4)5)35-38(2)11-8-12-46-49(6,18-9-33-70(55,56)57)43-37-40(72(61,62)63)14-16-44(43)51(46)20-22-65-24-26-67-28-30-69-32-31-68-29-27-66-25-23-64-21-17-47(53)54/h8,11-16,35-37,52H,2,7,9-10,17-34H2,1,3-6H3,(H,53,54)(H,55,56,57)(H,58,59,60)(H,61,62,63)/b11-8+,42-35+,46-12+. The van der Waals surface area contributed by atoms with Crippen LogP contribution in [0.1, 0.15) is 71.4 Å². The van der Waals surface area contributed by atoms with Gasteiger partial charge in [0.05, 0.1) is 102 Å². The molecule has 1 heterocycles. The molecule has 0 fully saturated rings. The quantitative estimate of drug-likeness (QED) is 0.0289. The number of allylic oxidation sites excluding steroid dienone is 7. The van der Waals surface area contributed by atoms with E-state index >= 15 is 0 Å². The van der Waals surface area contributed by atoms with Gasteiger partial charge in [-0.3, -0.25) is 18.5 Å². The van der Waals surface area contributed by atoms with Crippen molar-refractivity contribution in [1.82, 2.24) is 0 Å². The summed E-state index contributed by atoms with van der Waals surface area (Å²) in [6, 6.07) is 9.47. The van der Waals surface area contributed by atoms with E-state index in [-0.39, 0.29) is 75.1 Å². The van der Waals surface area contributed by atoms with Gasteiger partial charge in [0.15, 0.2) is 0 Å². The van der Waals surface area contributed by atoms with Crippen LogP contribution in [0.15, 0.2) is 83.4 Å². The first-order valence-electron chi connectivity index (χ1n) is 23.6. The molecule has 1 atom stereocenters. The SMILES string of the molecule is C=C(/C=C(\c1ccc(N(CC)CCCS(=O)(=O)O)cc1O)C(C)(C)C)/C=C/C=C1/N(CCOCCOCCOCCOCCOCCOCCC(=O)O)c2ccc(S(=O)(=O)O)cc2C1(C)CCCS(=O)(=O)O. The number of fused-ring (bicyclic) bond motifs is 1. The normalized spacial score (nSPS) is 16.2. The number of benzene rings is 2. The molecule has 72 heavy (non-hydrogen) atoms. The number of phenols is 1. The molecule has 20 nitrogen and oxygen atoms in total. The lowest BCUT2D eigenvalue weighted by molar-refractivity contribution is -0.138. The molecule has 3 rings (SSSR count). The lowest BCUT2D eigenvalue weighted by Gasteiger charge is -2.30. The number of anilines is 2. The molecule has 0 bridgehead atoms. The Morgan fingerprint density at radius 3 is 1.78 bits per heavy atom. The van der Waals surface area contributed by atoms with E-state index in [2.05, 4.69) is 6.58 Å². The molecule has 0 amide bonds. The van der Waals surface area contributed by atoms with Gasteiger partial charge in [-0.25, -0.2) is 0 Å². The van der Waals surface area contributed by atoms with Gasteiger partial charge in [-0.1, -0.05) is 45.6 Å². The van der Waals surface area contributed by atoms with Gasteiger partial charge in [0.2, 0.25) is 0 Å². The van der Waals surface area contributed by atoms with Gasteiger partial charge in [0.1, 0.15) is 5.75 Å². The Morgan fingerprint density at radius 2 is 1.29 bits per heavy atom. The number of nitrogens with zero attached hydrogens (tertiary/aromatic N) is 2. The van der Waals surface area contributed by atoms with E-state index in [1.165, 1.54) is 12.1 Å². The third kappa shape index (κ3) is 22.1. The van der Waals surface area contributed by atoms with Crippen LogP contribution in [0.3, 0.4) is 0 Å². The van der Waals surface area contributed by atoms with E-state index in [0.29, 0.717) is 99.7 Å². The average molecular weight is 1080 g/mol. The zero-order chi connectivity index (χ0) is 53.6. The Balaban J connectivity index is 1.73. The van der Waals surface area contributed by atoms with Crippen molar-refractivity contribution in [2.45, 2.75) is 70.6 Å². The number of ether oxygens (including phenoxy) is 6. The second kappa shape index (κ2) is 29.6. The molecular weight excluding hydrogens is 1000 g/mol. The summed E-state index contributed by atoms with van der Waals surface area (Å²) in [5.74, 6) is -1.84. The van der Waals surface area contributed by atoms with Gasteiger partial charge in [-0.15, -0.1) is 0 Å². The smallest absolute Gasteiger partial charge is 0.305 e. The molecular formula is C49H74N2O18S3. The molecule has 0 saturated carbocycles. The van der Waals surface area contributed by atoms with Crippen LogP contribution in [0.4, 0.5) is 11.4 Å². The molecule has 2 aromatic rings. The molecule has 2 aromatic carbocycles. The molecule has 406 valence electrons. The first-order valence-corrected chi connectivity index (χ1v) is 28.3. The Kier molecular flexibility index (Phi) is 25.5. The summed E-state index contributed by atoms with van der Waals surface area (Å²) < 4.78 is 133. The Labute approximate surface area is 425 Å². The van der Waals surface area contributed by atoms with Crippen molar-refractivity contribution in [2.75, 3.05) is 120 Å². The van der Waals surface area contributed by atoms with Crippen molar-refractivity contribution in [2.24, 2.45) is 5.41 Å². The summed E-state index contributed by atoms with van der Waals surface area (Å²) in [7, 11) is -13.1. The molecule has 0 aromatic heterocycles. The highest BCUT2D eigenvalue weighted by Crippen LogP contribution is 2.51. The summed E-state index contributed by atoms with van der Waals surface area (Å²) in [6.07, 6.45) is 7.51. The number of carbonyl (C=O) groups is 1. The highest BCUT2D eigenvalue weighted by molar-refractivity contribution is 7.86. The molecule has 0 spiro atoms. The van der Waals surface area contributed by atoms with Crippen molar-refractivity contribution >= 4 is 53.3 Å². The predicted molar refractivity (Wildman–Crippen MR) is 275 cm³/mol. The largest absolute Gasteiger partial charge is 0.507 e. The van der Waals surface area contributed by atoms with Gasteiger partial charge in [0.25, 0.3) is 30.4 Å². The maximum atomic E-state index is 12.4. The third-order valence-electron chi connectivity index (χ3n) is 11.4. The number of carboxylic acids is 1. The van der Waals surface area contributed by atoms with Crippen LogP contribution in [0.25, 0.3) is 5.57 Å². The fourth-order valence-corrected chi connectivity index (χ4v) is 9.38. The first-order chi connectivity index (χ1) is 33.8. The Hall–Kier alpha value is -4.24. The lowest BCUT2D eigenvalue weighted by Crippen LogP contribution is -2.31. The van der Waals surface area contributed by atoms with E-state index in [1.54, 1.807) is 30.4 Å². The van der Waals surface area contributed by atoms with Crippen molar-refractivity contribution < 1.29 is 82.3 Å². The van der Waals surface area contributed by atoms with Crippen molar-refractivity contribution in [3.8, 4) is 5.75 Å². The van der Waals surface area contributed by atoms with Gasteiger partial charge in [-0.05, 0) is 91.6 Å². The van der Waals surface area contributed by atoms with Gasteiger partial charge in [-0.2, -0.15) is 25.3 Å². The van der Waals surface area contributed by atoms with Crippen LogP contribution in [-0.4, -0.2) is 166 Å². The minimum absolute atomic E-state index is 0.00204. The number of rotatable bonds is 36. The first kappa shape index (κ1) is 62.1. The molecule has 23 heteroatoms. The van der Waals surface area contributed by atoms with Gasteiger partial charge < -0.3 is 48.4 Å². The lowest BCUT2D eigenvalue weighted by atomic mass is 9.77. The summed E-state index contributed by atoms with van der Waals surface area (Å²) in [6.45, 7) is 18.7. The molecule has 0 saturated heterocycles. The van der Waals surface area contributed by atoms with Crippen molar-refractivity contribution in [3.63, 3.8) is 0 Å². The summed E-state index contributed by atoms with van der Waals surface area (Å²) >= 11 is 0. The number of hydrogen-bond donors (Lipinski definition) is 5. The maximum Gasteiger partial charge on any atom is 0.305 e. The number of phenolic OH excluding ortho intramolecular Hbond substituents is 1. The van der Waals surface area contributed by atoms with Gasteiger partial charge in [0, 0.05) is 53.8 Å².